The van der Waals surface area contributed by atoms with Crippen LogP contribution < -0.4 is 11.1 Å². The lowest BCUT2D eigenvalue weighted by Crippen LogP contribution is -2.58. The Morgan fingerprint density at radius 1 is 0.537 bits per heavy atom. The van der Waals surface area contributed by atoms with Crippen molar-refractivity contribution in [2.45, 2.75) is 235 Å². The average Bonchev–Trinajstić information content (AvgIpc) is 4.03. The summed E-state index contributed by atoms with van der Waals surface area (Å²) < 4.78 is 11.4. The molecule has 0 aromatic rings. The van der Waals surface area contributed by atoms with Crippen LogP contribution in [0.2, 0.25) is 0 Å². The number of nitrogens with two attached hydrogens (primary N) is 1. The number of fused-ring (bicyclic) bond motifs is 2. The van der Waals surface area contributed by atoms with Crippen molar-refractivity contribution in [1.82, 2.24) is 15.1 Å². The maximum Gasteiger partial charge on any atom is 0.329 e. The van der Waals surface area contributed by atoms with Crippen molar-refractivity contribution < 1.29 is 43.3 Å². The minimum atomic E-state index is -0.667. The number of carboxylic acids is 1. The summed E-state index contributed by atoms with van der Waals surface area (Å²) in [5.74, 6) is 0.199. The van der Waals surface area contributed by atoms with E-state index in [1.807, 2.05) is 96.9 Å². The summed E-state index contributed by atoms with van der Waals surface area (Å²) in [6.07, 6.45) is 18.0. The van der Waals surface area contributed by atoms with Gasteiger partial charge in [-0.3, -0.25) is 19.2 Å². The molecule has 384 valence electrons. The average molecular weight is 943 g/mol. The Morgan fingerprint density at radius 3 is 1.28 bits per heavy atom. The summed E-state index contributed by atoms with van der Waals surface area (Å²) in [6, 6.07) is -2.30. The fourth-order valence-corrected chi connectivity index (χ4v) is 11.7. The van der Waals surface area contributed by atoms with E-state index in [1.165, 1.54) is 38.5 Å². The van der Waals surface area contributed by atoms with Gasteiger partial charge in [0.05, 0.1) is 12.0 Å². The van der Waals surface area contributed by atoms with Crippen LogP contribution in [-0.2, 0) is 38.2 Å². The van der Waals surface area contributed by atoms with Crippen LogP contribution in [0, 0.1) is 58.2 Å². The van der Waals surface area contributed by atoms with Crippen molar-refractivity contribution in [3.8, 4) is 0 Å². The second-order valence-corrected chi connectivity index (χ2v) is 25.5. The van der Waals surface area contributed by atoms with Gasteiger partial charge < -0.3 is 35.4 Å². The maximum atomic E-state index is 13.9. The monoisotopic (exact) mass is 943 g/mol. The van der Waals surface area contributed by atoms with E-state index in [0.29, 0.717) is 36.8 Å². The Bertz CT molecular complexity index is 1690. The number of rotatable bonds is 9. The molecule has 6 rings (SSSR count). The van der Waals surface area contributed by atoms with E-state index in [-0.39, 0.29) is 58.7 Å². The molecule has 13 nitrogen and oxygen atoms in total. The Kier molecular flexibility index (Phi) is 19.5. The number of likely N-dealkylation sites (tertiary alicyclic amines) is 2. The molecule has 13 heteroatoms. The van der Waals surface area contributed by atoms with Gasteiger partial charge in [0.1, 0.15) is 29.3 Å². The third-order valence-corrected chi connectivity index (χ3v) is 15.8. The van der Waals surface area contributed by atoms with E-state index in [9.17, 15) is 28.8 Å². The molecule has 4 N–H and O–H groups in total. The zero-order valence-electron chi connectivity index (χ0n) is 44.3. The molecule has 10 atom stereocenters. The lowest BCUT2D eigenvalue weighted by Gasteiger charge is -2.37. The first-order valence-electron chi connectivity index (χ1n) is 26.3. The molecule has 6 fully saturated rings. The Morgan fingerprint density at radius 2 is 0.925 bits per heavy atom. The number of ether oxygens (including phenoxy) is 2. The Hall–Kier alpha value is -3.22. The van der Waals surface area contributed by atoms with Crippen molar-refractivity contribution in [1.29, 1.82) is 0 Å². The number of esters is 2. The van der Waals surface area contributed by atoms with Crippen LogP contribution in [0.5, 0.6) is 0 Å². The molecule has 4 aliphatic carbocycles. The predicted molar refractivity (Wildman–Crippen MR) is 262 cm³/mol. The molecular weight excluding hydrogens is 849 g/mol. The van der Waals surface area contributed by atoms with Crippen LogP contribution in [0.1, 0.15) is 200 Å². The van der Waals surface area contributed by atoms with Gasteiger partial charge in [0.25, 0.3) is 0 Å². The number of hydrogen-bond acceptors (Lipinski definition) is 9. The van der Waals surface area contributed by atoms with Crippen LogP contribution >= 0.6 is 0 Å². The van der Waals surface area contributed by atoms with Crippen LogP contribution in [-0.4, -0.2) is 99.0 Å². The molecule has 2 aliphatic heterocycles. The highest BCUT2D eigenvalue weighted by Crippen LogP contribution is 2.45. The number of nitrogens with zero attached hydrogens (tertiary/aromatic N) is 2. The van der Waals surface area contributed by atoms with Gasteiger partial charge in [0.15, 0.2) is 0 Å². The summed E-state index contributed by atoms with van der Waals surface area (Å²) in [4.78, 5) is 80.1. The predicted octanol–water partition coefficient (Wildman–Crippen LogP) is 9.32. The third kappa shape index (κ3) is 15.4. The van der Waals surface area contributed by atoms with E-state index < -0.39 is 46.8 Å². The zero-order valence-corrected chi connectivity index (χ0v) is 44.3. The first-order chi connectivity index (χ1) is 30.9. The van der Waals surface area contributed by atoms with Gasteiger partial charge in [0.2, 0.25) is 17.7 Å². The zero-order chi connectivity index (χ0) is 50.4. The number of hydrogen-bond donors (Lipinski definition) is 3. The molecule has 2 unspecified atom stereocenters. The molecule has 0 bridgehead atoms. The van der Waals surface area contributed by atoms with Gasteiger partial charge in [-0.1, -0.05) is 107 Å². The number of nitrogens with one attached hydrogen (secondary N) is 1. The fourth-order valence-electron chi connectivity index (χ4n) is 11.7. The lowest BCUT2D eigenvalue weighted by molar-refractivity contribution is -0.166. The Balaban J connectivity index is 0.000000248. The van der Waals surface area contributed by atoms with Gasteiger partial charge in [-0.05, 0) is 139 Å². The fraction of sp³-hybridized carbons (Fsp3) is 0.889. The van der Waals surface area contributed by atoms with E-state index in [1.54, 1.807) is 9.80 Å². The minimum Gasteiger partial charge on any atom is -0.481 e. The first kappa shape index (κ1) is 56.4. The number of aliphatic carboxylic acids is 1. The number of amides is 3. The summed E-state index contributed by atoms with van der Waals surface area (Å²) >= 11 is 0. The molecule has 2 saturated heterocycles. The maximum absolute atomic E-state index is 13.9. The molecule has 0 aromatic carbocycles. The van der Waals surface area contributed by atoms with E-state index in [4.69, 9.17) is 20.3 Å². The quantitative estimate of drug-likeness (QED) is 0.188. The molecule has 0 aromatic heterocycles. The second-order valence-electron chi connectivity index (χ2n) is 25.5. The van der Waals surface area contributed by atoms with Crippen LogP contribution in [0.3, 0.4) is 0 Å². The molecular formula is C54H94N4O9. The number of carbonyl (C=O) groups excluding carboxylic acids is 5. The lowest BCUT2D eigenvalue weighted by atomic mass is 9.79. The van der Waals surface area contributed by atoms with Crippen molar-refractivity contribution in [3.05, 3.63) is 0 Å². The van der Waals surface area contributed by atoms with Crippen molar-refractivity contribution in [3.63, 3.8) is 0 Å². The van der Waals surface area contributed by atoms with E-state index >= 15 is 0 Å². The smallest absolute Gasteiger partial charge is 0.329 e. The van der Waals surface area contributed by atoms with Gasteiger partial charge in [-0.2, -0.15) is 0 Å². The highest BCUT2D eigenvalue weighted by atomic mass is 16.6. The van der Waals surface area contributed by atoms with Crippen molar-refractivity contribution in [2.75, 3.05) is 13.1 Å². The summed E-state index contributed by atoms with van der Waals surface area (Å²) in [5.41, 5.74) is 4.23. The highest BCUT2D eigenvalue weighted by molar-refractivity contribution is 5.93. The highest BCUT2D eigenvalue weighted by Gasteiger charge is 2.54. The number of carboxylic acid groups (broad SMARTS) is 1. The number of carbonyl (C=O) groups is 6. The standard InChI is InChI=1S/C27H46N2O4.C18H32N2O3.C9H16O2/c1-17(18-12-9-8-10-13-18)23(30)28-22(26(2,3)4)24(31)29-16-19-14-11-15-20(19)21(29)25(32)33-27(5,6)7;1-17(2,3)14(19)15(21)20-10-11-8-7-9-12(11)13(20)16(22)23-18(4,5)6;1-7(9(10)11)8-5-3-2-4-6-8/h17-22H,8-16H2,1-7H3,(H,28,30);11-14H,7-10,19H2,1-6H3;7-8H,2-6H2,1H3,(H,10,11)/t17-,19-,20-,21?,22+;11-,12-,13?,14+;7-/m000/s1. The van der Waals surface area contributed by atoms with Crippen molar-refractivity contribution in [2.24, 2.45) is 63.9 Å². The van der Waals surface area contributed by atoms with Gasteiger partial charge in [0, 0.05) is 19.0 Å². The van der Waals surface area contributed by atoms with Gasteiger partial charge >= 0.3 is 17.9 Å². The molecule has 3 amide bonds. The molecule has 0 radical (unpaired) electrons. The minimum absolute atomic E-state index is 0.0385. The molecule has 0 spiro atoms. The Labute approximate surface area is 404 Å². The van der Waals surface area contributed by atoms with Crippen LogP contribution in [0.15, 0.2) is 0 Å². The van der Waals surface area contributed by atoms with E-state index in [0.717, 1.165) is 64.2 Å². The van der Waals surface area contributed by atoms with E-state index in [2.05, 4.69) is 5.32 Å². The summed E-state index contributed by atoms with van der Waals surface area (Å²) in [5, 5.41) is 11.9. The third-order valence-electron chi connectivity index (χ3n) is 15.8. The van der Waals surface area contributed by atoms with Gasteiger partial charge in [-0.25, -0.2) is 9.59 Å². The first-order valence-corrected chi connectivity index (χ1v) is 26.3. The summed E-state index contributed by atoms with van der Waals surface area (Å²) in [7, 11) is 0. The molecule has 67 heavy (non-hydrogen) atoms. The van der Waals surface area contributed by atoms with Gasteiger partial charge in [-0.15, -0.1) is 0 Å². The largest absolute Gasteiger partial charge is 0.481 e. The molecule has 2 heterocycles. The molecule has 6 aliphatic rings. The molecule has 4 saturated carbocycles. The normalized spacial score (nSPS) is 27.7. The van der Waals surface area contributed by atoms with Crippen LogP contribution in [0.25, 0.3) is 0 Å². The summed E-state index contributed by atoms with van der Waals surface area (Å²) in [6.45, 7) is 28.0. The SMILES string of the molecule is CC(C)(C)OC(=O)C1[C@H]2CCC[C@H]2CN1C(=O)[C@@H](N)C(C)(C)C.C[C@H](C(=O)N[C@H](C(=O)N1C[C@@H]2CCC[C@@H]2C1C(=O)OC(C)(C)C)C(C)(C)C)C1CCCCC1.C[C@H](C(=O)O)C1CCCCC1. The van der Waals surface area contributed by atoms with Crippen LogP contribution in [0.4, 0.5) is 0 Å². The van der Waals surface area contributed by atoms with Crippen molar-refractivity contribution >= 4 is 35.6 Å². The second kappa shape index (κ2) is 23.1. The topological polar surface area (TPSA) is 186 Å².